The van der Waals surface area contributed by atoms with Crippen molar-refractivity contribution in [3.05, 3.63) is 103 Å². The smallest absolute Gasteiger partial charge is 0.102 e. The maximum Gasteiger partial charge on any atom is 0.102 e. The predicted molar refractivity (Wildman–Crippen MR) is 112 cm³/mol. The summed E-state index contributed by atoms with van der Waals surface area (Å²) in [6.45, 7) is 6.20. The number of rotatable bonds is 3. The molecule has 3 aromatic rings. The summed E-state index contributed by atoms with van der Waals surface area (Å²) in [5.74, 6) is 0. The minimum atomic E-state index is -0.877. The molecule has 0 unspecified atom stereocenters. The standard InChI is InChI=1S/C18H15P.C5H10.BrH/c1-4-10-16(11-5-1)19(17-12-6-2-7-13-17)18-14-8-3-9-15-18;1-4-5(2)3;/h1-15H;4H,1-3H3;1H. The highest BCUT2D eigenvalue weighted by atomic mass is 79.9. The Bertz CT molecular complexity index is 639. The van der Waals surface area contributed by atoms with Gasteiger partial charge in [0.15, 0.2) is 0 Å². The number of hydrogen-bond acceptors (Lipinski definition) is 0. The molecule has 0 bridgehead atoms. The molecule has 3 aromatic carbocycles. The summed E-state index contributed by atoms with van der Waals surface area (Å²) < 4.78 is 0. The first-order valence-electron chi connectivity index (χ1n) is 8.35. The van der Waals surface area contributed by atoms with E-state index < -0.39 is 7.92 Å². The van der Waals surface area contributed by atoms with Crippen molar-refractivity contribution in [3.63, 3.8) is 0 Å². The summed E-state index contributed by atoms with van der Waals surface area (Å²) >= 11 is 0. The lowest BCUT2D eigenvalue weighted by Gasteiger charge is -2.10. The fourth-order valence-electron chi connectivity index (χ4n) is 2.31. The van der Waals surface area contributed by atoms with Gasteiger partial charge in [0.1, 0.15) is 15.9 Å². The molecule has 0 fully saturated rings. The summed E-state index contributed by atoms with van der Waals surface area (Å²) in [5, 5.41) is 4.31. The van der Waals surface area contributed by atoms with Crippen LogP contribution in [-0.4, -0.2) is 0 Å². The Morgan fingerprint density at radius 1 is 0.600 bits per heavy atom. The van der Waals surface area contributed by atoms with E-state index in [0.717, 1.165) is 0 Å². The number of hydrogen-bond donors (Lipinski definition) is 0. The monoisotopic (exact) mass is 412 g/mol. The molecule has 0 aliphatic carbocycles. The molecule has 0 aliphatic rings. The molecule has 0 nitrogen and oxygen atoms in total. The molecule has 0 amide bonds. The Morgan fingerprint density at radius 3 is 1.04 bits per heavy atom. The highest BCUT2D eigenvalue weighted by molar-refractivity contribution is 7.79. The minimum Gasteiger partial charge on any atom is -1.00 e. The van der Waals surface area contributed by atoms with Crippen LogP contribution in [-0.2, 0) is 0 Å². The zero-order valence-electron chi connectivity index (χ0n) is 15.1. The lowest BCUT2D eigenvalue weighted by Crippen LogP contribution is -3.00. The van der Waals surface area contributed by atoms with Crippen LogP contribution in [0.4, 0.5) is 0 Å². The summed E-state index contributed by atoms with van der Waals surface area (Å²) in [7, 11) is -0.877. The lowest BCUT2D eigenvalue weighted by molar-refractivity contribution is -0.00000488. The van der Waals surface area contributed by atoms with Gasteiger partial charge in [-0.05, 0) is 57.2 Å². The van der Waals surface area contributed by atoms with Crippen molar-refractivity contribution in [2.75, 3.05) is 0 Å². The Morgan fingerprint density at radius 2 is 0.840 bits per heavy atom. The number of allylic oxidation sites excluding steroid dienone is 2. The molecule has 0 heterocycles. The Labute approximate surface area is 164 Å². The molecule has 0 atom stereocenters. The van der Waals surface area contributed by atoms with Crippen LogP contribution in [0.15, 0.2) is 103 Å². The molecule has 2 heteroatoms. The van der Waals surface area contributed by atoms with E-state index in [1.807, 2.05) is 6.92 Å². The van der Waals surface area contributed by atoms with Crippen molar-refractivity contribution in [2.45, 2.75) is 20.8 Å². The third kappa shape index (κ3) is 6.98. The molecule has 130 valence electrons. The Kier molecular flexibility index (Phi) is 10.1. The van der Waals surface area contributed by atoms with Crippen molar-refractivity contribution < 1.29 is 17.0 Å². The van der Waals surface area contributed by atoms with E-state index in [-0.39, 0.29) is 17.0 Å². The van der Waals surface area contributed by atoms with Crippen LogP contribution in [0.5, 0.6) is 0 Å². The molecule has 0 aromatic heterocycles. The first-order valence-corrected chi connectivity index (χ1v) is 9.85. The molecule has 3 rings (SSSR count). The van der Waals surface area contributed by atoms with Gasteiger partial charge in [0, 0.05) is 0 Å². The maximum atomic E-state index is 2.24. The SMILES string of the molecule is CC=C(C)C.[Br-].c1ccc([PH+](c2ccccc2)c2ccccc2)cc1. The van der Waals surface area contributed by atoms with Gasteiger partial charge in [0.05, 0.1) is 7.92 Å². The lowest BCUT2D eigenvalue weighted by atomic mass is 10.3. The van der Waals surface area contributed by atoms with Crippen LogP contribution >= 0.6 is 7.92 Å². The average molecular weight is 413 g/mol. The molecule has 0 saturated heterocycles. The van der Waals surface area contributed by atoms with E-state index in [1.54, 1.807) is 0 Å². The van der Waals surface area contributed by atoms with Gasteiger partial charge < -0.3 is 17.0 Å². The van der Waals surface area contributed by atoms with E-state index in [1.165, 1.54) is 21.5 Å². The van der Waals surface area contributed by atoms with Gasteiger partial charge in [-0.15, -0.1) is 0 Å². The van der Waals surface area contributed by atoms with Crippen molar-refractivity contribution in [3.8, 4) is 0 Å². The molecular weight excluding hydrogens is 387 g/mol. The van der Waals surface area contributed by atoms with Crippen molar-refractivity contribution in [1.82, 2.24) is 0 Å². The van der Waals surface area contributed by atoms with Crippen LogP contribution in [0.25, 0.3) is 0 Å². The first kappa shape index (κ1) is 21.4. The Balaban J connectivity index is 0.000000462. The number of benzene rings is 3. The maximum absolute atomic E-state index is 2.24. The van der Waals surface area contributed by atoms with Gasteiger partial charge in [-0.25, -0.2) is 0 Å². The second-order valence-electron chi connectivity index (χ2n) is 5.84. The minimum absolute atomic E-state index is 0. The Hall–Kier alpha value is -1.69. The predicted octanol–water partition coefficient (Wildman–Crippen LogP) is 2.15. The molecule has 0 radical (unpaired) electrons. The third-order valence-corrected chi connectivity index (χ3v) is 6.50. The number of halogens is 1. The van der Waals surface area contributed by atoms with Crippen LogP contribution in [0, 0.1) is 0 Å². The molecular formula is C23H26BrP. The van der Waals surface area contributed by atoms with Gasteiger partial charge in [0.2, 0.25) is 0 Å². The second-order valence-corrected chi connectivity index (χ2v) is 8.32. The van der Waals surface area contributed by atoms with Crippen LogP contribution < -0.4 is 32.9 Å². The fourth-order valence-corrected chi connectivity index (χ4v) is 4.89. The highest BCUT2D eigenvalue weighted by Crippen LogP contribution is 2.32. The zero-order chi connectivity index (χ0) is 17.2. The third-order valence-electron chi connectivity index (χ3n) is 3.76. The topological polar surface area (TPSA) is 0 Å². The average Bonchev–Trinajstić information content (AvgIpc) is 2.65. The van der Waals surface area contributed by atoms with Gasteiger partial charge in [-0.3, -0.25) is 0 Å². The van der Waals surface area contributed by atoms with Gasteiger partial charge in [-0.1, -0.05) is 66.2 Å². The first-order chi connectivity index (χ1) is 11.7. The summed E-state index contributed by atoms with van der Waals surface area (Å²) in [6, 6.07) is 32.5. The van der Waals surface area contributed by atoms with E-state index in [9.17, 15) is 0 Å². The van der Waals surface area contributed by atoms with Crippen molar-refractivity contribution >= 4 is 23.8 Å². The van der Waals surface area contributed by atoms with Crippen molar-refractivity contribution in [1.29, 1.82) is 0 Å². The molecule has 0 spiro atoms. The summed E-state index contributed by atoms with van der Waals surface area (Å²) in [5.41, 5.74) is 1.38. The second kappa shape index (κ2) is 11.8. The molecule has 0 aliphatic heterocycles. The van der Waals surface area contributed by atoms with Gasteiger partial charge in [-0.2, -0.15) is 0 Å². The van der Waals surface area contributed by atoms with E-state index in [2.05, 4.69) is 111 Å². The van der Waals surface area contributed by atoms with Crippen LogP contribution in [0.2, 0.25) is 0 Å². The van der Waals surface area contributed by atoms with E-state index in [4.69, 9.17) is 0 Å². The highest BCUT2D eigenvalue weighted by Gasteiger charge is 2.24. The molecule has 0 saturated carbocycles. The van der Waals surface area contributed by atoms with Crippen molar-refractivity contribution in [2.24, 2.45) is 0 Å². The quantitative estimate of drug-likeness (QED) is 0.456. The zero-order valence-corrected chi connectivity index (χ0v) is 17.7. The summed E-state index contributed by atoms with van der Waals surface area (Å²) in [4.78, 5) is 0. The van der Waals surface area contributed by atoms with Crippen LogP contribution in [0.1, 0.15) is 20.8 Å². The van der Waals surface area contributed by atoms with Crippen LogP contribution in [0.3, 0.4) is 0 Å². The van der Waals surface area contributed by atoms with E-state index >= 15 is 0 Å². The van der Waals surface area contributed by atoms with Gasteiger partial charge in [0.25, 0.3) is 0 Å². The summed E-state index contributed by atoms with van der Waals surface area (Å²) in [6.07, 6.45) is 2.08. The van der Waals surface area contributed by atoms with E-state index in [0.29, 0.717) is 0 Å². The molecule has 0 N–H and O–H groups in total. The van der Waals surface area contributed by atoms with Gasteiger partial charge >= 0.3 is 0 Å². The normalized spacial score (nSPS) is 9.44. The largest absolute Gasteiger partial charge is 1.00 e. The fraction of sp³-hybridized carbons (Fsp3) is 0.130. The molecule has 25 heavy (non-hydrogen) atoms.